The molecule has 0 aromatic carbocycles. The summed E-state index contributed by atoms with van der Waals surface area (Å²) in [5.74, 6) is -0.765. The minimum atomic E-state index is -0.822. The van der Waals surface area contributed by atoms with Crippen molar-refractivity contribution in [2.24, 2.45) is 11.1 Å². The summed E-state index contributed by atoms with van der Waals surface area (Å²) < 4.78 is 0. The molecule has 0 aromatic rings. The second-order valence-electron chi connectivity index (χ2n) is 5.40. The smallest absolute Gasteiger partial charge is 0.317 e. The van der Waals surface area contributed by atoms with E-state index in [4.69, 9.17) is 10.8 Å². The number of amides is 1. The van der Waals surface area contributed by atoms with Crippen molar-refractivity contribution in [2.75, 3.05) is 39.3 Å². The summed E-state index contributed by atoms with van der Waals surface area (Å²) in [6.45, 7) is 6.64. The number of hydrogen-bond donors (Lipinski definition) is 2. The summed E-state index contributed by atoms with van der Waals surface area (Å²) in [4.78, 5) is 26.6. The van der Waals surface area contributed by atoms with Crippen LogP contribution in [0.25, 0.3) is 0 Å². The van der Waals surface area contributed by atoms with E-state index < -0.39 is 11.4 Å². The number of nitrogens with two attached hydrogens (primary N) is 1. The van der Waals surface area contributed by atoms with Crippen LogP contribution in [-0.2, 0) is 9.59 Å². The van der Waals surface area contributed by atoms with E-state index in [1.54, 1.807) is 4.90 Å². The molecule has 6 nitrogen and oxygen atoms in total. The summed E-state index contributed by atoms with van der Waals surface area (Å²) in [5.41, 5.74) is 5.07. The van der Waals surface area contributed by atoms with E-state index in [1.165, 1.54) is 0 Å². The Hall–Kier alpha value is -1.14. The molecule has 1 amide bonds. The van der Waals surface area contributed by atoms with Gasteiger partial charge < -0.3 is 15.7 Å². The quantitative estimate of drug-likeness (QED) is 0.715. The van der Waals surface area contributed by atoms with E-state index in [2.05, 4.69) is 0 Å². The highest BCUT2D eigenvalue weighted by Gasteiger charge is 2.31. The molecular weight excluding hydrogens is 234 g/mol. The van der Waals surface area contributed by atoms with E-state index in [9.17, 15) is 9.59 Å². The third kappa shape index (κ3) is 3.96. The molecule has 3 N–H and O–H groups in total. The van der Waals surface area contributed by atoms with Crippen LogP contribution >= 0.6 is 0 Å². The molecule has 104 valence electrons. The van der Waals surface area contributed by atoms with Gasteiger partial charge in [0.1, 0.15) is 0 Å². The zero-order chi connectivity index (χ0) is 13.8. The van der Waals surface area contributed by atoms with Gasteiger partial charge in [-0.15, -0.1) is 0 Å². The van der Waals surface area contributed by atoms with Crippen LogP contribution in [-0.4, -0.2) is 66.1 Å². The number of nitrogens with zero attached hydrogens (tertiary/aromatic N) is 2. The molecule has 0 unspecified atom stereocenters. The van der Waals surface area contributed by atoms with Gasteiger partial charge in [0.15, 0.2) is 0 Å². The molecule has 1 heterocycles. The van der Waals surface area contributed by atoms with E-state index in [-0.39, 0.29) is 12.5 Å². The van der Waals surface area contributed by atoms with Gasteiger partial charge in [-0.2, -0.15) is 0 Å². The Bertz CT molecular complexity index is 318. The van der Waals surface area contributed by atoms with E-state index >= 15 is 0 Å². The molecule has 0 radical (unpaired) electrons. The SMILES string of the molecule is CC(C)(CN)C(=O)N1CCCN(CC(=O)O)CC1. The van der Waals surface area contributed by atoms with E-state index in [0.717, 1.165) is 13.0 Å². The van der Waals surface area contributed by atoms with Crippen molar-refractivity contribution in [3.8, 4) is 0 Å². The maximum atomic E-state index is 12.2. The highest BCUT2D eigenvalue weighted by Crippen LogP contribution is 2.18. The van der Waals surface area contributed by atoms with Crippen LogP contribution in [0.2, 0.25) is 0 Å². The number of carboxylic acid groups (broad SMARTS) is 1. The molecule has 0 atom stereocenters. The zero-order valence-electron chi connectivity index (χ0n) is 11.2. The van der Waals surface area contributed by atoms with Crippen molar-refractivity contribution in [3.05, 3.63) is 0 Å². The first-order valence-electron chi connectivity index (χ1n) is 6.30. The van der Waals surface area contributed by atoms with E-state index in [0.29, 0.717) is 26.2 Å². The number of carbonyl (C=O) groups excluding carboxylic acids is 1. The molecule has 1 saturated heterocycles. The van der Waals surface area contributed by atoms with Gasteiger partial charge in [0, 0.05) is 32.7 Å². The summed E-state index contributed by atoms with van der Waals surface area (Å²) in [7, 11) is 0. The van der Waals surface area contributed by atoms with Crippen LogP contribution in [0.5, 0.6) is 0 Å². The number of aliphatic carboxylic acids is 1. The van der Waals surface area contributed by atoms with Crippen molar-refractivity contribution in [1.82, 2.24) is 9.80 Å². The monoisotopic (exact) mass is 257 g/mol. The average molecular weight is 257 g/mol. The lowest BCUT2D eigenvalue weighted by Gasteiger charge is -2.30. The Labute approximate surface area is 108 Å². The second kappa shape index (κ2) is 6.15. The standard InChI is InChI=1S/C12H23N3O3/c1-12(2,9-13)11(18)15-5-3-4-14(6-7-15)8-10(16)17/h3-9,13H2,1-2H3,(H,16,17). The first-order valence-corrected chi connectivity index (χ1v) is 6.30. The summed E-state index contributed by atoms with van der Waals surface area (Å²) in [6, 6.07) is 0. The summed E-state index contributed by atoms with van der Waals surface area (Å²) >= 11 is 0. The Kier molecular flexibility index (Phi) is 5.10. The minimum absolute atomic E-state index is 0.0440. The van der Waals surface area contributed by atoms with Crippen LogP contribution in [0, 0.1) is 5.41 Å². The molecule has 1 aliphatic heterocycles. The van der Waals surface area contributed by atoms with Crippen molar-refractivity contribution in [2.45, 2.75) is 20.3 Å². The van der Waals surface area contributed by atoms with Gasteiger partial charge in [-0.05, 0) is 20.3 Å². The van der Waals surface area contributed by atoms with Gasteiger partial charge in [-0.3, -0.25) is 14.5 Å². The number of rotatable bonds is 4. The lowest BCUT2D eigenvalue weighted by atomic mass is 9.92. The third-order valence-electron chi connectivity index (χ3n) is 3.32. The number of carbonyl (C=O) groups is 2. The van der Waals surface area contributed by atoms with E-state index in [1.807, 2.05) is 18.7 Å². The lowest BCUT2D eigenvalue weighted by molar-refractivity contribution is -0.139. The fourth-order valence-corrected chi connectivity index (χ4v) is 2.04. The topological polar surface area (TPSA) is 86.9 Å². The van der Waals surface area contributed by atoms with Crippen LogP contribution in [0.3, 0.4) is 0 Å². The molecule has 0 spiro atoms. The van der Waals surface area contributed by atoms with Crippen molar-refractivity contribution >= 4 is 11.9 Å². The highest BCUT2D eigenvalue weighted by atomic mass is 16.4. The molecule has 0 saturated carbocycles. The van der Waals surface area contributed by atoms with Crippen molar-refractivity contribution in [3.63, 3.8) is 0 Å². The summed E-state index contributed by atoms with van der Waals surface area (Å²) in [6.07, 6.45) is 0.805. The molecule has 1 rings (SSSR count). The predicted octanol–water partition coefficient (Wildman–Crippen LogP) is -0.410. The maximum absolute atomic E-state index is 12.2. The predicted molar refractivity (Wildman–Crippen MR) is 68.1 cm³/mol. The van der Waals surface area contributed by atoms with Crippen LogP contribution in [0.15, 0.2) is 0 Å². The first-order chi connectivity index (χ1) is 8.36. The minimum Gasteiger partial charge on any atom is -0.480 e. The van der Waals surface area contributed by atoms with Crippen LogP contribution < -0.4 is 5.73 Å². The average Bonchev–Trinajstić information content (AvgIpc) is 2.53. The van der Waals surface area contributed by atoms with Gasteiger partial charge in [0.25, 0.3) is 0 Å². The molecule has 0 bridgehead atoms. The molecular formula is C12H23N3O3. The zero-order valence-corrected chi connectivity index (χ0v) is 11.2. The first kappa shape index (κ1) is 14.9. The molecule has 0 aromatic heterocycles. The molecule has 1 fully saturated rings. The molecule has 6 heteroatoms. The Morgan fingerprint density at radius 2 is 1.89 bits per heavy atom. The van der Waals surface area contributed by atoms with Crippen LogP contribution in [0.4, 0.5) is 0 Å². The molecule has 1 aliphatic rings. The molecule has 18 heavy (non-hydrogen) atoms. The fourth-order valence-electron chi connectivity index (χ4n) is 2.04. The summed E-state index contributed by atoms with van der Waals surface area (Å²) in [5, 5.41) is 8.76. The highest BCUT2D eigenvalue weighted by molar-refractivity contribution is 5.82. The number of hydrogen-bond acceptors (Lipinski definition) is 4. The lowest BCUT2D eigenvalue weighted by Crippen LogP contribution is -2.46. The van der Waals surface area contributed by atoms with Gasteiger partial charge in [0.05, 0.1) is 12.0 Å². The third-order valence-corrected chi connectivity index (χ3v) is 3.32. The normalized spacial score (nSPS) is 18.5. The largest absolute Gasteiger partial charge is 0.480 e. The second-order valence-corrected chi connectivity index (χ2v) is 5.40. The van der Waals surface area contributed by atoms with Crippen LogP contribution in [0.1, 0.15) is 20.3 Å². The van der Waals surface area contributed by atoms with Gasteiger partial charge in [0.2, 0.25) is 5.91 Å². The number of carboxylic acids is 1. The Balaban J connectivity index is 2.56. The van der Waals surface area contributed by atoms with Gasteiger partial charge >= 0.3 is 5.97 Å². The Morgan fingerprint density at radius 3 is 2.44 bits per heavy atom. The fraction of sp³-hybridized carbons (Fsp3) is 0.833. The van der Waals surface area contributed by atoms with Crippen molar-refractivity contribution < 1.29 is 14.7 Å². The molecule has 0 aliphatic carbocycles. The van der Waals surface area contributed by atoms with Crippen molar-refractivity contribution in [1.29, 1.82) is 0 Å². The van der Waals surface area contributed by atoms with Gasteiger partial charge in [-0.1, -0.05) is 0 Å². The van der Waals surface area contributed by atoms with Gasteiger partial charge in [-0.25, -0.2) is 0 Å². The maximum Gasteiger partial charge on any atom is 0.317 e. The Morgan fingerprint density at radius 1 is 1.22 bits per heavy atom.